The highest BCUT2D eigenvalue weighted by atomic mass is 35.5. The predicted molar refractivity (Wildman–Crippen MR) is 217 cm³/mol. The molecule has 0 bridgehead atoms. The maximum atomic E-state index is 14.2. The number of hydrogen-bond donors (Lipinski definition) is 4. The van der Waals surface area contributed by atoms with Crippen molar-refractivity contribution in [3.8, 4) is 6.07 Å². The second-order valence-corrected chi connectivity index (χ2v) is 12.4. The maximum Gasteiger partial charge on any atom is 0.417 e. The van der Waals surface area contributed by atoms with Crippen LogP contribution in [-0.4, -0.2) is 36.1 Å². The third-order valence-electron chi connectivity index (χ3n) is 7.92. The van der Waals surface area contributed by atoms with Crippen molar-refractivity contribution in [1.29, 1.82) is 5.26 Å². The number of carbonyl (C=O) groups is 2. The van der Waals surface area contributed by atoms with Crippen LogP contribution in [0.25, 0.3) is 4.85 Å². The van der Waals surface area contributed by atoms with Gasteiger partial charge in [-0.25, -0.2) is 33.2 Å². The zero-order valence-corrected chi connectivity index (χ0v) is 32.4. The monoisotopic (exact) mass is 842 g/mol. The standard InChI is InChI=1S/C21H14F4N4O2.C13H10ClFN2O2.C8H8N2/c1-31-20(30)15-7-6-14(10-17(15)22)28-18-3-2-8-27-19(18)29-13-5-4-12(11-26)16(9-13)21(23,24)25;1-19-13(18)9-5-4-8(7-10(9)15)17-11-3-2-6-16-12(11)14;1-6-5-7(9)3-4-8(6)10-2/h2-10,28H,1H3,(H,27,29);2-7,17H,1H3;3-5H,9H2,1H3. The molecule has 0 radical (unpaired) electrons. The Hall–Kier alpha value is -7.76. The Bertz CT molecular complexity index is 2600. The molecule has 0 unspecified atom stereocenters. The summed E-state index contributed by atoms with van der Waals surface area (Å²) in [5, 5.41) is 17.8. The molecular formula is C42H32ClF5N8O4. The summed E-state index contributed by atoms with van der Waals surface area (Å²) in [6, 6.07) is 24.4. The van der Waals surface area contributed by atoms with Crippen LogP contribution in [0.15, 0.2) is 109 Å². The molecule has 306 valence electrons. The van der Waals surface area contributed by atoms with Gasteiger partial charge in [-0.05, 0) is 103 Å². The van der Waals surface area contributed by atoms with Crippen LogP contribution in [0.2, 0.25) is 5.15 Å². The number of rotatable bonds is 8. The average Bonchev–Trinajstić information content (AvgIpc) is 3.22. The molecule has 12 nitrogen and oxygen atoms in total. The second kappa shape index (κ2) is 20.6. The molecule has 0 fully saturated rings. The number of aromatic nitrogens is 2. The lowest BCUT2D eigenvalue weighted by Gasteiger charge is -2.15. The van der Waals surface area contributed by atoms with Crippen LogP contribution in [0.3, 0.4) is 0 Å². The molecule has 0 atom stereocenters. The fourth-order valence-electron chi connectivity index (χ4n) is 5.03. The van der Waals surface area contributed by atoms with Crippen LogP contribution in [-0.2, 0) is 15.7 Å². The summed E-state index contributed by atoms with van der Waals surface area (Å²) in [4.78, 5) is 34.0. The molecule has 18 heteroatoms. The number of methoxy groups -OCH3 is 2. The van der Waals surface area contributed by atoms with E-state index in [2.05, 4.69) is 40.2 Å². The van der Waals surface area contributed by atoms with E-state index in [9.17, 15) is 31.5 Å². The molecule has 60 heavy (non-hydrogen) atoms. The topological polar surface area (TPSA) is 169 Å². The quantitative estimate of drug-likeness (QED) is 0.0378. The smallest absolute Gasteiger partial charge is 0.417 e. The van der Waals surface area contributed by atoms with Gasteiger partial charge in [-0.3, -0.25) is 0 Å². The molecule has 0 aliphatic heterocycles. The van der Waals surface area contributed by atoms with Gasteiger partial charge >= 0.3 is 18.1 Å². The number of nitrogens with one attached hydrogen (secondary N) is 3. The molecule has 0 saturated carbocycles. The summed E-state index contributed by atoms with van der Waals surface area (Å²) in [5.41, 5.74) is 7.55. The van der Waals surface area contributed by atoms with Crippen molar-refractivity contribution in [1.82, 2.24) is 9.97 Å². The van der Waals surface area contributed by atoms with E-state index in [1.165, 1.54) is 49.7 Å². The van der Waals surface area contributed by atoms with Crippen molar-refractivity contribution in [3.05, 3.63) is 165 Å². The first-order chi connectivity index (χ1) is 28.6. The van der Waals surface area contributed by atoms with E-state index in [1.807, 2.05) is 6.92 Å². The van der Waals surface area contributed by atoms with Crippen LogP contribution >= 0.6 is 11.6 Å². The van der Waals surface area contributed by atoms with Crippen LogP contribution in [0.4, 0.5) is 67.6 Å². The SMILES string of the molecule is COC(=O)c1ccc(Nc2cccnc2Cl)cc1F.COC(=O)c1ccc(Nc2cccnc2Nc2ccc(C#N)c(C(F)(F)F)c2)cc1F.[C-]#[N+]c1ccc(N)cc1C. The first kappa shape index (κ1) is 44.9. The Morgan fingerprint density at radius 2 is 1.32 bits per heavy atom. The van der Waals surface area contributed by atoms with Gasteiger partial charge in [0.1, 0.15) is 11.6 Å². The van der Waals surface area contributed by atoms with Crippen molar-refractivity contribution in [2.45, 2.75) is 13.1 Å². The van der Waals surface area contributed by atoms with Gasteiger partial charge < -0.3 is 31.2 Å². The normalized spacial score (nSPS) is 10.2. The Labute approximate surface area is 345 Å². The number of aryl methyl sites for hydroxylation is 1. The zero-order chi connectivity index (χ0) is 44.0. The average molecular weight is 843 g/mol. The van der Waals surface area contributed by atoms with Crippen molar-refractivity contribution >= 4 is 69.2 Å². The number of ether oxygens (including phenoxy) is 2. The highest BCUT2D eigenvalue weighted by Crippen LogP contribution is 2.35. The first-order valence-corrected chi connectivity index (χ1v) is 17.4. The van der Waals surface area contributed by atoms with Crippen molar-refractivity contribution in [2.75, 3.05) is 35.9 Å². The molecule has 2 aromatic heterocycles. The highest BCUT2D eigenvalue weighted by Gasteiger charge is 2.34. The van der Waals surface area contributed by atoms with Crippen LogP contribution in [0, 0.1) is 36.5 Å². The van der Waals surface area contributed by atoms with Gasteiger partial charge in [-0.1, -0.05) is 17.7 Å². The Kier molecular flexibility index (Phi) is 15.4. The Balaban J connectivity index is 0.000000230. The van der Waals surface area contributed by atoms with Gasteiger partial charge in [-0.2, -0.15) is 18.4 Å². The number of pyridine rings is 2. The zero-order valence-electron chi connectivity index (χ0n) is 31.7. The summed E-state index contributed by atoms with van der Waals surface area (Å²) >= 11 is 5.88. The van der Waals surface area contributed by atoms with E-state index < -0.39 is 40.9 Å². The minimum atomic E-state index is -4.70. The van der Waals surface area contributed by atoms with E-state index in [4.69, 9.17) is 29.2 Å². The van der Waals surface area contributed by atoms with Crippen LogP contribution in [0.1, 0.15) is 37.4 Å². The summed E-state index contributed by atoms with van der Waals surface area (Å²) in [6.07, 6.45) is -1.73. The third-order valence-corrected chi connectivity index (χ3v) is 8.22. The number of esters is 2. The largest absolute Gasteiger partial charge is 0.465 e. The maximum absolute atomic E-state index is 14.2. The van der Waals surface area contributed by atoms with E-state index in [-0.39, 0.29) is 33.5 Å². The number of nitrogen functional groups attached to an aromatic ring is 1. The number of nitriles is 1. The van der Waals surface area contributed by atoms with Crippen LogP contribution in [0.5, 0.6) is 0 Å². The highest BCUT2D eigenvalue weighted by molar-refractivity contribution is 6.32. The molecule has 0 saturated heterocycles. The third kappa shape index (κ3) is 12.1. The molecule has 4 aromatic carbocycles. The van der Waals surface area contributed by atoms with E-state index >= 15 is 0 Å². The van der Waals surface area contributed by atoms with Gasteiger partial charge in [-0.15, -0.1) is 0 Å². The molecule has 6 aromatic rings. The molecule has 2 heterocycles. The van der Waals surface area contributed by atoms with Crippen LogP contribution < -0.4 is 21.7 Å². The molecule has 0 spiro atoms. The van der Waals surface area contributed by atoms with E-state index in [0.29, 0.717) is 28.4 Å². The van der Waals surface area contributed by atoms with Crippen molar-refractivity contribution in [3.63, 3.8) is 0 Å². The fourth-order valence-corrected chi connectivity index (χ4v) is 5.19. The number of nitrogens with zero attached hydrogens (tertiary/aromatic N) is 4. The number of nitrogens with two attached hydrogens (primary N) is 1. The number of hydrogen-bond acceptors (Lipinski definition) is 11. The van der Waals surface area contributed by atoms with Gasteiger partial charge in [0.15, 0.2) is 16.7 Å². The molecule has 0 aliphatic carbocycles. The fraction of sp³-hybridized carbons (Fsp3) is 0.0952. The number of alkyl halides is 3. The molecule has 0 amide bonds. The lowest BCUT2D eigenvalue weighted by atomic mass is 10.1. The van der Waals surface area contributed by atoms with Crippen molar-refractivity contribution in [2.24, 2.45) is 0 Å². The van der Waals surface area contributed by atoms with Crippen molar-refractivity contribution < 1.29 is 41.0 Å². The first-order valence-electron chi connectivity index (χ1n) is 17.1. The summed E-state index contributed by atoms with van der Waals surface area (Å²) < 4.78 is 76.4. The number of halogens is 6. The predicted octanol–water partition coefficient (Wildman–Crippen LogP) is 10.9. The number of carbonyl (C=O) groups excluding carboxylic acids is 2. The lowest BCUT2D eigenvalue weighted by molar-refractivity contribution is -0.137. The molecule has 0 aliphatic rings. The molecule has 5 N–H and O–H groups in total. The van der Waals surface area contributed by atoms with Gasteiger partial charge in [0.25, 0.3) is 0 Å². The Morgan fingerprint density at radius 3 is 1.82 bits per heavy atom. The number of anilines is 7. The van der Waals surface area contributed by atoms with E-state index in [1.54, 1.807) is 54.7 Å². The summed E-state index contributed by atoms with van der Waals surface area (Å²) in [5.74, 6) is -2.86. The second-order valence-electron chi connectivity index (χ2n) is 12.0. The lowest BCUT2D eigenvalue weighted by Crippen LogP contribution is -2.09. The Morgan fingerprint density at radius 1 is 0.783 bits per heavy atom. The minimum Gasteiger partial charge on any atom is -0.465 e. The van der Waals surface area contributed by atoms with Gasteiger partial charge in [0.2, 0.25) is 0 Å². The molecular weight excluding hydrogens is 811 g/mol. The number of benzene rings is 4. The minimum absolute atomic E-state index is 0.0558. The summed E-state index contributed by atoms with van der Waals surface area (Å²) in [7, 11) is 2.33. The summed E-state index contributed by atoms with van der Waals surface area (Å²) in [6.45, 7) is 8.62. The molecule has 6 rings (SSSR count). The van der Waals surface area contributed by atoms with E-state index in [0.717, 1.165) is 30.9 Å². The van der Waals surface area contributed by atoms with Gasteiger partial charge in [0, 0.05) is 35.1 Å². The van der Waals surface area contributed by atoms with Gasteiger partial charge in [0.05, 0.1) is 60.5 Å².